The van der Waals surface area contributed by atoms with Gasteiger partial charge in [0, 0.05) is 12.0 Å². The SMILES string of the molecule is CC(C)[C@@H]1C[C@H](O)c2cc(F)ccc2O1. The van der Waals surface area contributed by atoms with Crippen LogP contribution in [0.5, 0.6) is 5.75 Å². The van der Waals surface area contributed by atoms with Gasteiger partial charge in [-0.25, -0.2) is 4.39 Å². The number of hydrogen-bond acceptors (Lipinski definition) is 2. The molecule has 2 atom stereocenters. The van der Waals surface area contributed by atoms with Gasteiger partial charge in [-0.15, -0.1) is 0 Å². The third kappa shape index (κ3) is 1.97. The highest BCUT2D eigenvalue weighted by atomic mass is 19.1. The van der Waals surface area contributed by atoms with Gasteiger partial charge in [-0.2, -0.15) is 0 Å². The molecule has 0 unspecified atom stereocenters. The van der Waals surface area contributed by atoms with Crippen molar-refractivity contribution < 1.29 is 14.2 Å². The van der Waals surface area contributed by atoms with E-state index in [0.29, 0.717) is 23.7 Å². The maximum atomic E-state index is 13.0. The Morgan fingerprint density at radius 3 is 2.87 bits per heavy atom. The number of fused-ring (bicyclic) bond motifs is 1. The molecule has 1 N–H and O–H groups in total. The lowest BCUT2D eigenvalue weighted by Gasteiger charge is -2.31. The summed E-state index contributed by atoms with van der Waals surface area (Å²) in [6.45, 7) is 4.10. The maximum absolute atomic E-state index is 13.0. The summed E-state index contributed by atoms with van der Waals surface area (Å²) in [6, 6.07) is 4.28. The Hall–Kier alpha value is -1.09. The summed E-state index contributed by atoms with van der Waals surface area (Å²) in [5.74, 6) is 0.617. The van der Waals surface area contributed by atoms with Crippen molar-refractivity contribution in [2.24, 2.45) is 5.92 Å². The average Bonchev–Trinajstić information content (AvgIpc) is 2.18. The molecule has 0 spiro atoms. The van der Waals surface area contributed by atoms with Crippen LogP contribution < -0.4 is 4.74 Å². The smallest absolute Gasteiger partial charge is 0.125 e. The molecule has 1 aliphatic rings. The number of rotatable bonds is 1. The Bertz CT molecular complexity index is 363. The summed E-state index contributed by atoms with van der Waals surface area (Å²) >= 11 is 0. The topological polar surface area (TPSA) is 29.5 Å². The minimum Gasteiger partial charge on any atom is -0.490 e. The van der Waals surface area contributed by atoms with Crippen LogP contribution in [0, 0.1) is 11.7 Å². The number of halogens is 1. The van der Waals surface area contributed by atoms with E-state index in [1.165, 1.54) is 12.1 Å². The molecule has 0 saturated heterocycles. The van der Waals surface area contributed by atoms with Gasteiger partial charge < -0.3 is 9.84 Å². The Kier molecular flexibility index (Phi) is 2.65. The standard InChI is InChI=1S/C12H15FO2/c1-7(2)12-6-10(14)9-5-8(13)3-4-11(9)15-12/h3-5,7,10,12,14H,6H2,1-2H3/t10-,12-/m0/s1. The highest BCUT2D eigenvalue weighted by molar-refractivity contribution is 5.37. The summed E-state index contributed by atoms with van der Waals surface area (Å²) in [6.07, 6.45) is -0.0662. The fourth-order valence-corrected chi connectivity index (χ4v) is 1.85. The summed E-state index contributed by atoms with van der Waals surface area (Å²) in [4.78, 5) is 0. The number of ether oxygens (including phenoxy) is 1. The zero-order valence-corrected chi connectivity index (χ0v) is 8.90. The van der Waals surface area contributed by atoms with Crippen LogP contribution in [0.3, 0.4) is 0 Å². The Balaban J connectivity index is 2.32. The maximum Gasteiger partial charge on any atom is 0.125 e. The van der Waals surface area contributed by atoms with E-state index in [2.05, 4.69) is 0 Å². The van der Waals surface area contributed by atoms with Crippen molar-refractivity contribution in [2.75, 3.05) is 0 Å². The molecule has 1 aliphatic heterocycles. The fourth-order valence-electron chi connectivity index (χ4n) is 1.85. The molecule has 0 aliphatic carbocycles. The van der Waals surface area contributed by atoms with Gasteiger partial charge in [0.05, 0.1) is 6.10 Å². The number of aliphatic hydroxyl groups excluding tert-OH is 1. The van der Waals surface area contributed by atoms with Crippen LogP contribution in [0.15, 0.2) is 18.2 Å². The van der Waals surface area contributed by atoms with Crippen LogP contribution >= 0.6 is 0 Å². The van der Waals surface area contributed by atoms with Gasteiger partial charge in [-0.1, -0.05) is 13.8 Å². The van der Waals surface area contributed by atoms with E-state index in [1.807, 2.05) is 13.8 Å². The van der Waals surface area contributed by atoms with Crippen molar-refractivity contribution >= 4 is 0 Å². The summed E-state index contributed by atoms with van der Waals surface area (Å²) in [7, 11) is 0. The van der Waals surface area contributed by atoms with Gasteiger partial charge in [0.15, 0.2) is 0 Å². The first kappa shape index (κ1) is 10.4. The van der Waals surface area contributed by atoms with Crippen molar-refractivity contribution in [3.05, 3.63) is 29.6 Å². The predicted octanol–water partition coefficient (Wildman–Crippen LogP) is 2.67. The second kappa shape index (κ2) is 3.81. The Morgan fingerprint density at radius 2 is 2.20 bits per heavy atom. The molecule has 2 rings (SSSR count). The largest absolute Gasteiger partial charge is 0.490 e. The third-order valence-electron chi connectivity index (χ3n) is 2.81. The zero-order chi connectivity index (χ0) is 11.0. The van der Waals surface area contributed by atoms with Crippen LogP contribution in [0.4, 0.5) is 4.39 Å². The lowest BCUT2D eigenvalue weighted by molar-refractivity contribution is 0.0424. The first-order valence-electron chi connectivity index (χ1n) is 5.22. The average molecular weight is 210 g/mol. The van der Waals surface area contributed by atoms with Crippen LogP contribution in [-0.4, -0.2) is 11.2 Å². The van der Waals surface area contributed by atoms with Crippen LogP contribution in [-0.2, 0) is 0 Å². The normalized spacial score (nSPS) is 24.9. The molecule has 0 radical (unpaired) electrons. The molecule has 15 heavy (non-hydrogen) atoms. The summed E-state index contributed by atoms with van der Waals surface area (Å²) in [5.41, 5.74) is 0.562. The van der Waals surface area contributed by atoms with Crippen LogP contribution in [0.2, 0.25) is 0 Å². The number of aliphatic hydroxyl groups is 1. The monoisotopic (exact) mass is 210 g/mol. The highest BCUT2D eigenvalue weighted by Crippen LogP contribution is 2.36. The van der Waals surface area contributed by atoms with E-state index in [1.54, 1.807) is 6.07 Å². The lowest BCUT2D eigenvalue weighted by Crippen LogP contribution is -2.30. The van der Waals surface area contributed by atoms with E-state index < -0.39 is 6.10 Å². The minimum absolute atomic E-state index is 0.0120. The van der Waals surface area contributed by atoms with Crippen molar-refractivity contribution in [1.82, 2.24) is 0 Å². The number of hydrogen-bond donors (Lipinski definition) is 1. The molecule has 0 saturated carbocycles. The van der Waals surface area contributed by atoms with E-state index in [4.69, 9.17) is 4.74 Å². The molecular weight excluding hydrogens is 195 g/mol. The van der Waals surface area contributed by atoms with E-state index in [0.717, 1.165) is 0 Å². The van der Waals surface area contributed by atoms with Gasteiger partial charge >= 0.3 is 0 Å². The number of benzene rings is 1. The predicted molar refractivity (Wildman–Crippen MR) is 55.2 cm³/mol. The molecule has 1 aromatic rings. The molecule has 82 valence electrons. The third-order valence-corrected chi connectivity index (χ3v) is 2.81. The summed E-state index contributed by atoms with van der Waals surface area (Å²) in [5, 5.41) is 9.86. The molecule has 0 aromatic heterocycles. The molecule has 3 heteroatoms. The van der Waals surface area contributed by atoms with Crippen LogP contribution in [0.1, 0.15) is 31.9 Å². The van der Waals surface area contributed by atoms with E-state index >= 15 is 0 Å². The second-order valence-electron chi connectivity index (χ2n) is 4.33. The molecule has 2 nitrogen and oxygen atoms in total. The lowest BCUT2D eigenvalue weighted by atomic mass is 9.93. The minimum atomic E-state index is -0.614. The Morgan fingerprint density at radius 1 is 1.47 bits per heavy atom. The van der Waals surface area contributed by atoms with Gasteiger partial charge in [-0.3, -0.25) is 0 Å². The van der Waals surface area contributed by atoms with Crippen molar-refractivity contribution in [3.8, 4) is 5.75 Å². The van der Waals surface area contributed by atoms with Gasteiger partial charge in [0.1, 0.15) is 17.7 Å². The van der Waals surface area contributed by atoms with E-state index in [-0.39, 0.29) is 11.9 Å². The van der Waals surface area contributed by atoms with E-state index in [9.17, 15) is 9.50 Å². The molecule has 0 bridgehead atoms. The van der Waals surface area contributed by atoms with Gasteiger partial charge in [-0.05, 0) is 24.1 Å². The van der Waals surface area contributed by atoms with Crippen molar-refractivity contribution in [3.63, 3.8) is 0 Å². The van der Waals surface area contributed by atoms with Gasteiger partial charge in [0.2, 0.25) is 0 Å². The fraction of sp³-hybridized carbons (Fsp3) is 0.500. The zero-order valence-electron chi connectivity index (χ0n) is 8.90. The molecule has 1 heterocycles. The molecule has 1 aromatic carbocycles. The quantitative estimate of drug-likeness (QED) is 0.772. The summed E-state index contributed by atoms with van der Waals surface area (Å²) < 4.78 is 18.6. The first-order valence-corrected chi connectivity index (χ1v) is 5.22. The molecule has 0 amide bonds. The Labute approximate surface area is 88.7 Å². The van der Waals surface area contributed by atoms with Crippen LogP contribution in [0.25, 0.3) is 0 Å². The second-order valence-corrected chi connectivity index (χ2v) is 4.33. The highest BCUT2D eigenvalue weighted by Gasteiger charge is 2.28. The van der Waals surface area contributed by atoms with Gasteiger partial charge in [0.25, 0.3) is 0 Å². The van der Waals surface area contributed by atoms with Crippen molar-refractivity contribution in [2.45, 2.75) is 32.5 Å². The first-order chi connectivity index (χ1) is 7.08. The van der Waals surface area contributed by atoms with Crippen molar-refractivity contribution in [1.29, 1.82) is 0 Å². The molecule has 0 fully saturated rings. The molecular formula is C12H15FO2.